The van der Waals surface area contributed by atoms with Gasteiger partial charge in [0.15, 0.2) is 12.4 Å². The second-order valence-electron chi connectivity index (χ2n) is 6.10. The van der Waals surface area contributed by atoms with Crippen LogP contribution in [0.25, 0.3) is 33.6 Å². The van der Waals surface area contributed by atoms with E-state index in [0.717, 1.165) is 0 Å². The summed E-state index contributed by atoms with van der Waals surface area (Å²) < 4.78 is 4.35. The van der Waals surface area contributed by atoms with Gasteiger partial charge in [0.25, 0.3) is 0 Å². The first-order valence-corrected chi connectivity index (χ1v) is 8.17. The van der Waals surface area contributed by atoms with Crippen molar-refractivity contribution in [2.45, 2.75) is 0 Å². The van der Waals surface area contributed by atoms with E-state index in [0.29, 0.717) is 0 Å². The molecule has 2 heterocycles. The highest BCUT2D eigenvalue weighted by atomic mass is 14.9. The third-order valence-electron chi connectivity index (χ3n) is 4.57. The third-order valence-corrected chi connectivity index (χ3v) is 4.57. The van der Waals surface area contributed by atoms with Gasteiger partial charge in [-0.3, -0.25) is 0 Å². The molecule has 4 rings (SSSR count). The monoisotopic (exact) mass is 312 g/mol. The predicted molar refractivity (Wildman–Crippen MR) is 96.3 cm³/mol. The topological polar surface area (TPSA) is 7.76 Å². The molecule has 2 aliphatic carbocycles. The third kappa shape index (κ3) is 2.37. The Morgan fingerprint density at radius 1 is 0.500 bits per heavy atom. The van der Waals surface area contributed by atoms with Gasteiger partial charge >= 0.3 is 0 Å². The maximum atomic E-state index is 2.31. The van der Waals surface area contributed by atoms with Gasteiger partial charge in [-0.05, 0) is 29.3 Å². The van der Waals surface area contributed by atoms with Gasteiger partial charge in [0, 0.05) is 24.3 Å². The lowest BCUT2D eigenvalue weighted by Crippen LogP contribution is -2.30. The molecule has 2 aromatic heterocycles. The molecule has 0 aliphatic heterocycles. The van der Waals surface area contributed by atoms with E-state index in [2.05, 4.69) is 108 Å². The Hall–Kier alpha value is -3.00. The predicted octanol–water partition coefficient (Wildman–Crippen LogP) is 3.77. The van der Waals surface area contributed by atoms with Gasteiger partial charge in [0.1, 0.15) is 14.1 Å². The fourth-order valence-corrected chi connectivity index (χ4v) is 3.35. The summed E-state index contributed by atoms with van der Waals surface area (Å²) in [4.78, 5) is 0. The number of hydrogen-bond acceptors (Lipinski definition) is 0. The molecule has 0 saturated carbocycles. The van der Waals surface area contributed by atoms with Crippen LogP contribution in [0, 0.1) is 0 Å². The van der Waals surface area contributed by atoms with E-state index in [1.807, 2.05) is 0 Å². The summed E-state index contributed by atoms with van der Waals surface area (Å²) in [7, 11) is 4.19. The van der Waals surface area contributed by atoms with Crippen molar-refractivity contribution in [1.82, 2.24) is 0 Å². The van der Waals surface area contributed by atoms with Gasteiger partial charge in [-0.25, -0.2) is 9.13 Å². The highest BCUT2D eigenvalue weighted by molar-refractivity contribution is 5.95. The van der Waals surface area contributed by atoms with Crippen molar-refractivity contribution in [2.24, 2.45) is 14.1 Å². The lowest BCUT2D eigenvalue weighted by molar-refractivity contribution is -0.660. The molecule has 0 radical (unpaired) electrons. The summed E-state index contributed by atoms with van der Waals surface area (Å²) in [6.45, 7) is 0. The molecule has 0 atom stereocenters. The molecule has 2 heteroatoms. The van der Waals surface area contributed by atoms with E-state index in [1.165, 1.54) is 33.6 Å². The maximum absolute atomic E-state index is 2.31. The minimum Gasteiger partial charge on any atom is -0.201 e. The highest BCUT2D eigenvalue weighted by Gasteiger charge is 2.24. The van der Waals surface area contributed by atoms with E-state index in [-0.39, 0.29) is 0 Å². The summed E-state index contributed by atoms with van der Waals surface area (Å²) in [5, 5.41) is 0. The van der Waals surface area contributed by atoms with E-state index in [4.69, 9.17) is 0 Å². The van der Waals surface area contributed by atoms with Crippen LogP contribution in [-0.4, -0.2) is 0 Å². The molecule has 116 valence electrons. The van der Waals surface area contributed by atoms with Crippen LogP contribution in [0.1, 0.15) is 0 Å². The quantitative estimate of drug-likeness (QED) is 0.498. The number of fused-ring (bicyclic) bond motifs is 1. The van der Waals surface area contributed by atoms with Crippen LogP contribution in [0.15, 0.2) is 85.2 Å². The molecule has 24 heavy (non-hydrogen) atoms. The van der Waals surface area contributed by atoms with Crippen LogP contribution in [-0.2, 0) is 14.1 Å². The van der Waals surface area contributed by atoms with Crippen LogP contribution in [0.2, 0.25) is 0 Å². The Morgan fingerprint density at radius 2 is 0.958 bits per heavy atom. The van der Waals surface area contributed by atoms with E-state index in [9.17, 15) is 0 Å². The highest BCUT2D eigenvalue weighted by Crippen LogP contribution is 2.41. The summed E-state index contributed by atoms with van der Waals surface area (Å²) in [6, 6.07) is 25.7. The average Bonchev–Trinajstić information content (AvgIpc) is 2.78. The number of aromatic nitrogens is 2. The van der Waals surface area contributed by atoms with Gasteiger partial charge in [0.05, 0.1) is 11.1 Å². The second kappa shape index (κ2) is 5.89. The summed E-state index contributed by atoms with van der Waals surface area (Å²) in [5.41, 5.74) is 7.53. The van der Waals surface area contributed by atoms with Gasteiger partial charge in [-0.1, -0.05) is 30.3 Å². The fraction of sp³-hybridized carbons (Fsp3) is 0.0909. The molecule has 0 unspecified atom stereocenters. The minimum absolute atomic E-state index is 1.22. The molecule has 0 saturated heterocycles. The van der Waals surface area contributed by atoms with Crippen molar-refractivity contribution >= 4 is 0 Å². The average molecular weight is 312 g/mol. The molecule has 0 bridgehead atoms. The maximum Gasteiger partial charge on any atom is 0.212 e. The Balaban J connectivity index is 2.04. The standard InChI is InChI=1S/C22H20N2/c1-23-14-8-6-12-21(23)19-16-20(22-13-7-9-15-24(22)2)18-11-5-3-4-10-17(18)19/h3-16H,1-2H3/q+2. The van der Waals surface area contributed by atoms with Gasteiger partial charge < -0.3 is 0 Å². The SMILES string of the molecule is C[n+]1ccccc1-c1cc(-c2cccc[n+]2C)c2cccccc1-2. The molecule has 0 spiro atoms. The second-order valence-corrected chi connectivity index (χ2v) is 6.10. The zero-order valence-electron chi connectivity index (χ0n) is 14.0. The van der Waals surface area contributed by atoms with Crippen LogP contribution in [0.4, 0.5) is 0 Å². The number of rotatable bonds is 2. The molecule has 0 aromatic carbocycles. The van der Waals surface area contributed by atoms with Crippen LogP contribution in [0.5, 0.6) is 0 Å². The summed E-state index contributed by atoms with van der Waals surface area (Å²) in [6.07, 6.45) is 4.19. The van der Waals surface area contributed by atoms with Crippen molar-refractivity contribution in [3.63, 3.8) is 0 Å². The smallest absolute Gasteiger partial charge is 0.201 e. The molecule has 2 nitrogen and oxygen atoms in total. The first kappa shape index (κ1) is 14.6. The lowest BCUT2D eigenvalue weighted by Gasteiger charge is -2.01. The van der Waals surface area contributed by atoms with Crippen molar-refractivity contribution in [1.29, 1.82) is 0 Å². The first-order valence-electron chi connectivity index (χ1n) is 8.17. The summed E-state index contributed by atoms with van der Waals surface area (Å²) in [5.74, 6) is 0. The van der Waals surface area contributed by atoms with Crippen LogP contribution < -0.4 is 9.13 Å². The summed E-state index contributed by atoms with van der Waals surface area (Å²) >= 11 is 0. The molecule has 2 aromatic rings. The Bertz CT molecular complexity index is 911. The lowest BCUT2D eigenvalue weighted by atomic mass is 10.0. The largest absolute Gasteiger partial charge is 0.212 e. The number of pyridine rings is 2. The van der Waals surface area contributed by atoms with Gasteiger partial charge in [-0.2, -0.15) is 0 Å². The van der Waals surface area contributed by atoms with Gasteiger partial charge in [-0.15, -0.1) is 0 Å². The van der Waals surface area contributed by atoms with E-state index >= 15 is 0 Å². The normalized spacial score (nSPS) is 10.9. The number of nitrogens with zero attached hydrogens (tertiary/aromatic N) is 2. The van der Waals surface area contributed by atoms with Crippen LogP contribution in [0.3, 0.4) is 0 Å². The van der Waals surface area contributed by atoms with Crippen molar-refractivity contribution in [3.8, 4) is 33.6 Å². The van der Waals surface area contributed by atoms with Crippen molar-refractivity contribution < 1.29 is 9.13 Å². The Kier molecular flexibility index (Phi) is 3.58. The zero-order chi connectivity index (χ0) is 16.5. The first-order chi connectivity index (χ1) is 11.8. The Labute approximate surface area is 142 Å². The van der Waals surface area contributed by atoms with E-state index < -0.39 is 0 Å². The van der Waals surface area contributed by atoms with Gasteiger partial charge in [0.2, 0.25) is 11.4 Å². The molecule has 0 N–H and O–H groups in total. The molecular formula is C22H20N2+2. The molecule has 2 aliphatic rings. The number of hydrogen-bond donors (Lipinski definition) is 0. The van der Waals surface area contributed by atoms with Crippen molar-refractivity contribution in [2.75, 3.05) is 0 Å². The van der Waals surface area contributed by atoms with E-state index in [1.54, 1.807) is 0 Å². The van der Waals surface area contributed by atoms with Crippen molar-refractivity contribution in [3.05, 3.63) is 85.2 Å². The number of aryl methyl sites for hydroxylation is 2. The molecular weight excluding hydrogens is 292 g/mol. The zero-order valence-corrected chi connectivity index (χ0v) is 14.0. The Morgan fingerprint density at radius 3 is 1.42 bits per heavy atom. The molecule has 0 amide bonds. The van der Waals surface area contributed by atoms with Crippen LogP contribution >= 0.6 is 0 Å². The minimum atomic E-state index is 1.22. The fourth-order valence-electron chi connectivity index (χ4n) is 3.35. The molecule has 0 fully saturated rings.